The molecule has 1 saturated heterocycles. The third kappa shape index (κ3) is 2.54. The molecule has 1 aliphatic heterocycles. The van der Waals surface area contributed by atoms with Gasteiger partial charge in [0.25, 0.3) is 0 Å². The predicted molar refractivity (Wildman–Crippen MR) is 78.4 cm³/mol. The number of hydrogen-bond acceptors (Lipinski definition) is 6. The Kier molecular flexibility index (Phi) is 3.46. The van der Waals surface area contributed by atoms with Crippen molar-refractivity contribution in [3.63, 3.8) is 0 Å². The second kappa shape index (κ2) is 5.28. The second-order valence-corrected chi connectivity index (χ2v) is 5.20. The zero-order chi connectivity index (χ0) is 15.0. The van der Waals surface area contributed by atoms with E-state index in [1.807, 2.05) is 7.05 Å². The van der Waals surface area contributed by atoms with E-state index in [9.17, 15) is 4.39 Å². The summed E-state index contributed by atoms with van der Waals surface area (Å²) >= 11 is 0. The summed E-state index contributed by atoms with van der Waals surface area (Å²) in [4.78, 5) is 10.5. The number of hydrogen-bond donors (Lipinski definition) is 3. The minimum atomic E-state index is -0.409. The zero-order valence-electron chi connectivity index (χ0n) is 12.0. The third-order valence-corrected chi connectivity index (χ3v) is 3.77. The van der Waals surface area contributed by atoms with Crippen molar-refractivity contribution in [2.75, 3.05) is 30.8 Å². The van der Waals surface area contributed by atoms with Crippen LogP contribution in [-0.4, -0.2) is 46.3 Å². The lowest BCUT2D eigenvalue weighted by atomic mass is 10.2. The minimum absolute atomic E-state index is 0.121. The molecular weight excluding hydrogens is 273 g/mol. The quantitative estimate of drug-likeness (QED) is 0.770. The number of nitrogens with zero attached hydrogens (tertiary/aromatic N) is 4. The van der Waals surface area contributed by atoms with Crippen LogP contribution in [0.2, 0.25) is 0 Å². The van der Waals surface area contributed by atoms with Gasteiger partial charge in [-0.25, -0.2) is 9.37 Å². The lowest BCUT2D eigenvalue weighted by molar-refractivity contribution is 0.616. The van der Waals surface area contributed by atoms with Crippen molar-refractivity contribution < 1.29 is 4.39 Å². The summed E-state index contributed by atoms with van der Waals surface area (Å²) in [6.45, 7) is 3.34. The Morgan fingerprint density at radius 2 is 2.29 bits per heavy atom. The third-order valence-electron chi connectivity index (χ3n) is 3.77. The second-order valence-electron chi connectivity index (χ2n) is 5.20. The van der Waals surface area contributed by atoms with Crippen LogP contribution in [0.25, 0.3) is 11.4 Å². The van der Waals surface area contributed by atoms with Gasteiger partial charge in [0, 0.05) is 25.2 Å². The zero-order valence-corrected chi connectivity index (χ0v) is 12.0. The van der Waals surface area contributed by atoms with E-state index in [1.165, 1.54) is 0 Å². The van der Waals surface area contributed by atoms with E-state index in [-0.39, 0.29) is 11.6 Å². The van der Waals surface area contributed by atoms with Gasteiger partial charge in [0.1, 0.15) is 17.2 Å². The number of likely N-dealkylation sites (N-methyl/N-ethyl adjacent to an activating group) is 1. The Balaban J connectivity index is 1.95. The Morgan fingerprint density at radius 3 is 2.90 bits per heavy atom. The number of halogens is 1. The standard InChI is InChI=1S/C13H18FN7/c1-7-11(14)12(20-19-7)9-5-10(18-13(15)17-9)21-4-3-8(6-21)16-2/h5,8,16H,3-4,6H2,1-2H3,(H,19,20)(H2,15,17,18)/t8-/m1/s1. The van der Waals surface area contributed by atoms with Gasteiger partial charge in [0.15, 0.2) is 5.82 Å². The van der Waals surface area contributed by atoms with Gasteiger partial charge in [0.2, 0.25) is 5.95 Å². The first kappa shape index (κ1) is 13.7. The Bertz CT molecular complexity index is 654. The topological polar surface area (TPSA) is 95.8 Å². The van der Waals surface area contributed by atoms with E-state index in [1.54, 1.807) is 13.0 Å². The molecule has 3 rings (SSSR count). The van der Waals surface area contributed by atoms with Crippen molar-refractivity contribution in [3.05, 3.63) is 17.6 Å². The van der Waals surface area contributed by atoms with E-state index in [4.69, 9.17) is 5.73 Å². The number of rotatable bonds is 3. The molecule has 1 atom stereocenters. The molecule has 0 bridgehead atoms. The van der Waals surface area contributed by atoms with Crippen molar-refractivity contribution in [1.29, 1.82) is 0 Å². The molecule has 0 amide bonds. The first-order valence-electron chi connectivity index (χ1n) is 6.86. The molecule has 8 heteroatoms. The summed E-state index contributed by atoms with van der Waals surface area (Å²) in [5.41, 5.74) is 6.71. The fourth-order valence-corrected chi connectivity index (χ4v) is 2.53. The number of H-pyrrole nitrogens is 1. The summed E-state index contributed by atoms with van der Waals surface area (Å²) in [5, 5.41) is 9.80. The van der Waals surface area contributed by atoms with E-state index < -0.39 is 5.82 Å². The number of nitrogens with two attached hydrogens (primary N) is 1. The van der Waals surface area contributed by atoms with Crippen molar-refractivity contribution in [2.24, 2.45) is 0 Å². The molecule has 3 heterocycles. The predicted octanol–water partition coefficient (Wildman–Crippen LogP) is 0.695. The van der Waals surface area contributed by atoms with Crippen LogP contribution in [0.15, 0.2) is 6.07 Å². The van der Waals surface area contributed by atoms with Gasteiger partial charge in [-0.05, 0) is 20.4 Å². The monoisotopic (exact) mass is 291 g/mol. The number of nitrogen functional groups attached to an aromatic ring is 1. The molecule has 0 spiro atoms. The summed E-state index contributed by atoms with van der Waals surface area (Å²) in [7, 11) is 1.94. The molecule has 4 N–H and O–H groups in total. The van der Waals surface area contributed by atoms with Crippen molar-refractivity contribution in [3.8, 4) is 11.4 Å². The summed E-state index contributed by atoms with van der Waals surface area (Å²) < 4.78 is 14.0. The maximum Gasteiger partial charge on any atom is 0.222 e. The fraction of sp³-hybridized carbons (Fsp3) is 0.462. The average Bonchev–Trinajstić information content (AvgIpc) is 3.06. The maximum atomic E-state index is 14.0. The van der Waals surface area contributed by atoms with Crippen molar-refractivity contribution >= 4 is 11.8 Å². The molecule has 0 aromatic carbocycles. The first-order chi connectivity index (χ1) is 10.1. The van der Waals surface area contributed by atoms with Crippen LogP contribution in [0.5, 0.6) is 0 Å². The molecule has 2 aromatic heterocycles. The minimum Gasteiger partial charge on any atom is -0.368 e. The molecule has 2 aromatic rings. The van der Waals surface area contributed by atoms with Gasteiger partial charge < -0.3 is 16.0 Å². The molecular formula is C13H18FN7. The van der Waals surface area contributed by atoms with Gasteiger partial charge in [-0.1, -0.05) is 0 Å². The molecule has 0 unspecified atom stereocenters. The smallest absolute Gasteiger partial charge is 0.222 e. The molecule has 0 saturated carbocycles. The average molecular weight is 291 g/mol. The first-order valence-corrected chi connectivity index (χ1v) is 6.86. The SMILES string of the molecule is CN[C@@H]1CCN(c2cc(-c3n[nH]c(C)c3F)nc(N)n2)C1. The molecule has 1 aliphatic rings. The van der Waals surface area contributed by atoms with Gasteiger partial charge in [-0.2, -0.15) is 10.1 Å². The van der Waals surface area contributed by atoms with Gasteiger partial charge >= 0.3 is 0 Å². The molecule has 21 heavy (non-hydrogen) atoms. The van der Waals surface area contributed by atoms with Crippen LogP contribution in [0, 0.1) is 12.7 Å². The molecule has 112 valence electrons. The van der Waals surface area contributed by atoms with Crippen LogP contribution in [0.1, 0.15) is 12.1 Å². The van der Waals surface area contributed by atoms with E-state index in [0.29, 0.717) is 23.2 Å². The number of aromatic nitrogens is 4. The highest BCUT2D eigenvalue weighted by atomic mass is 19.1. The lowest BCUT2D eigenvalue weighted by Crippen LogP contribution is -2.30. The number of aromatic amines is 1. The van der Waals surface area contributed by atoms with Gasteiger partial charge in [-0.15, -0.1) is 0 Å². The Morgan fingerprint density at radius 1 is 1.48 bits per heavy atom. The highest BCUT2D eigenvalue weighted by Crippen LogP contribution is 2.26. The number of aryl methyl sites for hydroxylation is 1. The molecule has 1 fully saturated rings. The summed E-state index contributed by atoms with van der Waals surface area (Å²) in [5.74, 6) is 0.416. The number of anilines is 2. The fourth-order valence-electron chi connectivity index (χ4n) is 2.53. The highest BCUT2D eigenvalue weighted by Gasteiger charge is 2.24. The van der Waals surface area contributed by atoms with Gasteiger partial charge in [0.05, 0.1) is 5.69 Å². The van der Waals surface area contributed by atoms with Crippen molar-refractivity contribution in [1.82, 2.24) is 25.5 Å². The molecule has 0 radical (unpaired) electrons. The Hall–Kier alpha value is -2.22. The van der Waals surface area contributed by atoms with Gasteiger partial charge in [-0.3, -0.25) is 5.10 Å². The van der Waals surface area contributed by atoms with Crippen LogP contribution in [-0.2, 0) is 0 Å². The number of nitrogens with one attached hydrogen (secondary N) is 2. The van der Waals surface area contributed by atoms with Crippen LogP contribution < -0.4 is 16.0 Å². The van der Waals surface area contributed by atoms with E-state index >= 15 is 0 Å². The van der Waals surface area contributed by atoms with Crippen LogP contribution in [0.4, 0.5) is 16.2 Å². The maximum absolute atomic E-state index is 14.0. The highest BCUT2D eigenvalue weighted by molar-refractivity contribution is 5.62. The normalized spacial score (nSPS) is 18.4. The van der Waals surface area contributed by atoms with E-state index in [2.05, 4.69) is 30.4 Å². The Labute approximate surface area is 121 Å². The summed E-state index contributed by atoms with van der Waals surface area (Å²) in [6.07, 6.45) is 1.03. The van der Waals surface area contributed by atoms with Crippen LogP contribution >= 0.6 is 0 Å². The largest absolute Gasteiger partial charge is 0.368 e. The lowest BCUT2D eigenvalue weighted by Gasteiger charge is -2.18. The van der Waals surface area contributed by atoms with E-state index in [0.717, 1.165) is 19.5 Å². The van der Waals surface area contributed by atoms with Crippen molar-refractivity contribution in [2.45, 2.75) is 19.4 Å². The molecule has 0 aliphatic carbocycles. The molecule has 7 nitrogen and oxygen atoms in total. The summed E-state index contributed by atoms with van der Waals surface area (Å²) in [6, 6.07) is 2.15. The van der Waals surface area contributed by atoms with Crippen LogP contribution in [0.3, 0.4) is 0 Å².